The number of ether oxygens (including phenoxy) is 1. The number of para-hydroxylation sites is 1. The molecular weight excluding hydrogens is 292 g/mol. The van der Waals surface area contributed by atoms with Crippen molar-refractivity contribution in [1.29, 1.82) is 0 Å². The summed E-state index contributed by atoms with van der Waals surface area (Å²) >= 11 is 0. The molecule has 2 aliphatic heterocycles. The van der Waals surface area contributed by atoms with Crippen LogP contribution in [0.5, 0.6) is 5.75 Å². The SMILES string of the molecule is C/C(O)=C/[C@]1(C)Oc2ccccc2[C@H]2CC(c3ccco3)=NN21. The number of nitrogens with zero attached hydrogens (tertiary/aromatic N) is 2. The molecule has 0 spiro atoms. The highest BCUT2D eigenvalue weighted by atomic mass is 16.5. The fraction of sp³-hybridized carbons (Fsp3) is 0.278. The van der Waals surface area contributed by atoms with Crippen LogP contribution in [0.2, 0.25) is 0 Å². The predicted molar refractivity (Wildman–Crippen MR) is 86.3 cm³/mol. The Kier molecular flexibility index (Phi) is 2.98. The third-order valence-electron chi connectivity index (χ3n) is 4.24. The van der Waals surface area contributed by atoms with Gasteiger partial charge in [0.1, 0.15) is 17.2 Å². The highest BCUT2D eigenvalue weighted by Gasteiger charge is 2.47. The molecular formula is C18H18N2O3. The van der Waals surface area contributed by atoms with E-state index in [4.69, 9.17) is 14.3 Å². The molecule has 0 saturated carbocycles. The van der Waals surface area contributed by atoms with E-state index in [1.54, 1.807) is 19.3 Å². The Hall–Kier alpha value is -2.69. The Morgan fingerprint density at radius 3 is 2.91 bits per heavy atom. The van der Waals surface area contributed by atoms with Crippen molar-refractivity contribution in [2.45, 2.75) is 32.0 Å². The van der Waals surface area contributed by atoms with E-state index in [1.165, 1.54) is 0 Å². The van der Waals surface area contributed by atoms with Gasteiger partial charge in [-0.25, -0.2) is 5.01 Å². The summed E-state index contributed by atoms with van der Waals surface area (Å²) in [4.78, 5) is 0. The van der Waals surface area contributed by atoms with Gasteiger partial charge in [0.05, 0.1) is 18.1 Å². The molecule has 5 nitrogen and oxygen atoms in total. The first-order valence-corrected chi connectivity index (χ1v) is 7.64. The van der Waals surface area contributed by atoms with E-state index in [0.29, 0.717) is 0 Å². The molecule has 3 heterocycles. The van der Waals surface area contributed by atoms with Gasteiger partial charge in [0.2, 0.25) is 5.72 Å². The van der Waals surface area contributed by atoms with Crippen LogP contribution in [0.25, 0.3) is 0 Å². The minimum Gasteiger partial charge on any atom is -0.513 e. The number of allylic oxidation sites excluding steroid dienone is 1. The standard InChI is InChI=1S/C18H18N2O3/c1-12(21)11-18(2)20-15(13-6-3-4-7-16(13)23-18)10-14(19-20)17-8-5-9-22-17/h3-9,11,15,21H,10H2,1-2H3/b12-11-/t15-,18+/m1/s1. The van der Waals surface area contributed by atoms with E-state index in [2.05, 4.69) is 6.07 Å². The largest absolute Gasteiger partial charge is 0.513 e. The van der Waals surface area contributed by atoms with Gasteiger partial charge < -0.3 is 14.3 Å². The molecule has 0 aliphatic carbocycles. The molecule has 1 aromatic heterocycles. The highest BCUT2D eigenvalue weighted by Crippen LogP contribution is 2.47. The van der Waals surface area contributed by atoms with Gasteiger partial charge in [0.25, 0.3) is 0 Å². The molecule has 0 bridgehead atoms. The van der Waals surface area contributed by atoms with Crippen molar-refractivity contribution in [3.63, 3.8) is 0 Å². The Morgan fingerprint density at radius 1 is 1.35 bits per heavy atom. The van der Waals surface area contributed by atoms with Crippen molar-refractivity contribution in [2.24, 2.45) is 5.10 Å². The van der Waals surface area contributed by atoms with Gasteiger partial charge in [-0.1, -0.05) is 18.2 Å². The van der Waals surface area contributed by atoms with Crippen LogP contribution in [0.3, 0.4) is 0 Å². The van der Waals surface area contributed by atoms with E-state index in [9.17, 15) is 5.11 Å². The first-order chi connectivity index (χ1) is 11.1. The fourth-order valence-electron chi connectivity index (χ4n) is 3.35. The van der Waals surface area contributed by atoms with Gasteiger partial charge in [0.15, 0.2) is 0 Å². The molecule has 23 heavy (non-hydrogen) atoms. The van der Waals surface area contributed by atoms with Crippen molar-refractivity contribution in [3.8, 4) is 5.75 Å². The minimum absolute atomic E-state index is 0.0562. The average molecular weight is 310 g/mol. The molecule has 0 radical (unpaired) electrons. The van der Waals surface area contributed by atoms with Crippen molar-refractivity contribution in [2.75, 3.05) is 0 Å². The number of aliphatic hydroxyl groups is 1. The van der Waals surface area contributed by atoms with E-state index in [1.807, 2.05) is 42.3 Å². The number of hydrazone groups is 1. The van der Waals surface area contributed by atoms with Gasteiger partial charge in [-0.15, -0.1) is 0 Å². The van der Waals surface area contributed by atoms with Crippen molar-refractivity contribution in [1.82, 2.24) is 5.01 Å². The molecule has 1 N–H and O–H groups in total. The zero-order valence-electron chi connectivity index (χ0n) is 13.1. The summed E-state index contributed by atoms with van der Waals surface area (Å²) in [5.41, 5.74) is 1.14. The van der Waals surface area contributed by atoms with Gasteiger partial charge in [0, 0.05) is 25.0 Å². The smallest absolute Gasteiger partial charge is 0.218 e. The number of hydrogen-bond acceptors (Lipinski definition) is 5. The van der Waals surface area contributed by atoms with Gasteiger partial charge in [-0.05, 0) is 25.1 Å². The summed E-state index contributed by atoms with van der Waals surface area (Å²) in [6.07, 6.45) is 4.07. The topological polar surface area (TPSA) is 58.2 Å². The number of furan rings is 1. The second kappa shape index (κ2) is 4.91. The molecule has 2 atom stereocenters. The molecule has 2 aliphatic rings. The molecule has 0 saturated heterocycles. The summed E-state index contributed by atoms with van der Waals surface area (Å²) in [5.74, 6) is 1.79. The molecule has 2 aromatic rings. The van der Waals surface area contributed by atoms with E-state index >= 15 is 0 Å². The van der Waals surface area contributed by atoms with Crippen LogP contribution in [0, 0.1) is 0 Å². The number of hydrogen-bond donors (Lipinski definition) is 1. The Balaban J connectivity index is 1.83. The molecule has 0 unspecified atom stereocenters. The average Bonchev–Trinajstić information content (AvgIpc) is 3.16. The van der Waals surface area contributed by atoms with Gasteiger partial charge in [-0.3, -0.25) is 0 Å². The normalized spacial score (nSPS) is 26.3. The lowest BCUT2D eigenvalue weighted by Gasteiger charge is -2.44. The van der Waals surface area contributed by atoms with Crippen molar-refractivity contribution < 1.29 is 14.3 Å². The van der Waals surface area contributed by atoms with Crippen LogP contribution in [-0.2, 0) is 0 Å². The molecule has 0 fully saturated rings. The fourth-order valence-corrected chi connectivity index (χ4v) is 3.35. The zero-order valence-corrected chi connectivity index (χ0v) is 13.1. The number of benzene rings is 1. The number of rotatable bonds is 2. The maximum absolute atomic E-state index is 9.78. The maximum atomic E-state index is 9.78. The van der Waals surface area contributed by atoms with Crippen LogP contribution < -0.4 is 4.74 Å². The van der Waals surface area contributed by atoms with Crippen LogP contribution >= 0.6 is 0 Å². The maximum Gasteiger partial charge on any atom is 0.218 e. The lowest BCUT2D eigenvalue weighted by Crippen LogP contribution is -2.50. The number of aliphatic hydroxyl groups excluding tert-OH is 1. The Bertz CT molecular complexity index is 790. The third kappa shape index (κ3) is 2.20. The lowest BCUT2D eigenvalue weighted by atomic mass is 9.96. The van der Waals surface area contributed by atoms with Crippen LogP contribution in [0.15, 0.2) is 64.0 Å². The van der Waals surface area contributed by atoms with Crippen LogP contribution in [0.1, 0.15) is 37.6 Å². The Labute approximate surface area is 134 Å². The minimum atomic E-state index is -0.841. The summed E-state index contributed by atoms with van der Waals surface area (Å²) in [5, 5.41) is 16.4. The summed E-state index contributed by atoms with van der Waals surface area (Å²) in [6, 6.07) is 11.8. The quantitative estimate of drug-likeness (QED) is 0.852. The van der Waals surface area contributed by atoms with E-state index in [0.717, 1.165) is 29.2 Å². The van der Waals surface area contributed by atoms with Crippen molar-refractivity contribution >= 4 is 5.71 Å². The van der Waals surface area contributed by atoms with Crippen LogP contribution in [0.4, 0.5) is 0 Å². The molecule has 1 aromatic carbocycles. The second-order valence-electron chi connectivity index (χ2n) is 6.07. The first kappa shape index (κ1) is 13.9. The van der Waals surface area contributed by atoms with Crippen LogP contribution in [-0.4, -0.2) is 21.6 Å². The summed E-state index contributed by atoms with van der Waals surface area (Å²) in [7, 11) is 0. The Morgan fingerprint density at radius 2 is 2.17 bits per heavy atom. The molecule has 0 amide bonds. The number of fused-ring (bicyclic) bond motifs is 3. The summed E-state index contributed by atoms with van der Waals surface area (Å²) in [6.45, 7) is 3.54. The van der Waals surface area contributed by atoms with Crippen molar-refractivity contribution in [3.05, 3.63) is 65.8 Å². The highest BCUT2D eigenvalue weighted by molar-refractivity contribution is 5.99. The molecule has 5 heteroatoms. The lowest BCUT2D eigenvalue weighted by molar-refractivity contribution is -0.0697. The molecule has 4 rings (SSSR count). The third-order valence-corrected chi connectivity index (χ3v) is 4.24. The second-order valence-corrected chi connectivity index (χ2v) is 6.07. The predicted octanol–water partition coefficient (Wildman–Crippen LogP) is 4.00. The van der Waals surface area contributed by atoms with E-state index < -0.39 is 5.72 Å². The molecule has 118 valence electrons. The zero-order chi connectivity index (χ0) is 16.0. The summed E-state index contributed by atoms with van der Waals surface area (Å²) < 4.78 is 11.7. The van der Waals surface area contributed by atoms with Gasteiger partial charge >= 0.3 is 0 Å². The monoisotopic (exact) mass is 310 g/mol. The first-order valence-electron chi connectivity index (χ1n) is 7.64. The van der Waals surface area contributed by atoms with Gasteiger partial charge in [-0.2, -0.15) is 5.10 Å². The van der Waals surface area contributed by atoms with E-state index in [-0.39, 0.29) is 11.8 Å².